The van der Waals surface area contributed by atoms with Crippen molar-refractivity contribution >= 4 is 11.2 Å². The third-order valence-electron chi connectivity index (χ3n) is 5.45. The van der Waals surface area contributed by atoms with E-state index in [2.05, 4.69) is 15.0 Å². The molecule has 1 unspecified atom stereocenters. The third kappa shape index (κ3) is 3.72. The number of methoxy groups -OCH3 is 1. The Kier molecular flexibility index (Phi) is 4.92. The van der Waals surface area contributed by atoms with Crippen LogP contribution in [-0.4, -0.2) is 33.2 Å². The van der Waals surface area contributed by atoms with Gasteiger partial charge in [-0.25, -0.2) is 14.4 Å². The molecular formula is C24H23FN4O3. The number of fused-ring (bicyclic) bond motifs is 2. The van der Waals surface area contributed by atoms with E-state index in [1.165, 1.54) is 13.8 Å². The Morgan fingerprint density at radius 1 is 1.19 bits per heavy atom. The van der Waals surface area contributed by atoms with E-state index in [4.69, 9.17) is 14.2 Å². The number of nitrogens with zero attached hydrogens (tertiary/aromatic N) is 4. The molecule has 0 saturated carbocycles. The molecular weight excluding hydrogens is 411 g/mol. The second kappa shape index (κ2) is 7.78. The van der Waals surface area contributed by atoms with Gasteiger partial charge in [0.05, 0.1) is 25.7 Å². The van der Waals surface area contributed by atoms with Gasteiger partial charge in [-0.1, -0.05) is 6.07 Å². The zero-order chi connectivity index (χ0) is 22.3. The maximum atomic E-state index is 14.1. The Labute approximate surface area is 184 Å². The molecule has 0 bridgehead atoms. The molecule has 32 heavy (non-hydrogen) atoms. The molecule has 4 heterocycles. The summed E-state index contributed by atoms with van der Waals surface area (Å²) in [5, 5.41) is 0. The summed E-state index contributed by atoms with van der Waals surface area (Å²) in [6, 6.07) is 11.2. The maximum absolute atomic E-state index is 14.1. The van der Waals surface area contributed by atoms with Crippen LogP contribution >= 0.6 is 0 Å². The molecule has 5 rings (SSSR count). The van der Waals surface area contributed by atoms with E-state index in [-0.39, 0.29) is 6.10 Å². The van der Waals surface area contributed by atoms with Gasteiger partial charge in [-0.15, -0.1) is 0 Å². The number of halogens is 1. The normalized spacial score (nSPS) is 15.7. The first-order valence-electron chi connectivity index (χ1n) is 10.3. The van der Waals surface area contributed by atoms with Crippen LogP contribution in [0.15, 0.2) is 55.1 Å². The summed E-state index contributed by atoms with van der Waals surface area (Å²) in [5.41, 5.74) is 2.33. The van der Waals surface area contributed by atoms with Crippen LogP contribution in [0.3, 0.4) is 0 Å². The number of benzene rings is 1. The van der Waals surface area contributed by atoms with Crippen molar-refractivity contribution in [3.63, 3.8) is 0 Å². The van der Waals surface area contributed by atoms with Crippen LogP contribution in [0.4, 0.5) is 4.39 Å². The van der Waals surface area contributed by atoms with Gasteiger partial charge >= 0.3 is 0 Å². The van der Waals surface area contributed by atoms with Gasteiger partial charge in [0.2, 0.25) is 5.75 Å². The zero-order valence-electron chi connectivity index (χ0n) is 18.1. The fourth-order valence-corrected chi connectivity index (χ4v) is 3.76. The Morgan fingerprint density at radius 2 is 2.06 bits per heavy atom. The lowest BCUT2D eigenvalue weighted by molar-refractivity contribution is 0.0866. The van der Waals surface area contributed by atoms with E-state index in [1.54, 1.807) is 31.9 Å². The average Bonchev–Trinajstić information content (AvgIpc) is 3.20. The van der Waals surface area contributed by atoms with Crippen molar-refractivity contribution < 1.29 is 18.6 Å². The summed E-state index contributed by atoms with van der Waals surface area (Å²) >= 11 is 0. The SMILES string of the molecule is COc1cc(Cn2cnc3cccnc32)cc2c1OC(c1ccc(C(C)(C)F)nc1)CO2. The highest BCUT2D eigenvalue weighted by Crippen LogP contribution is 2.44. The minimum Gasteiger partial charge on any atom is -0.493 e. The molecule has 1 aliphatic rings. The fourth-order valence-electron chi connectivity index (χ4n) is 3.76. The molecule has 3 aromatic heterocycles. The fraction of sp³-hybridized carbons (Fsp3) is 0.292. The van der Waals surface area contributed by atoms with Crippen molar-refractivity contribution in [2.45, 2.75) is 32.2 Å². The predicted molar refractivity (Wildman–Crippen MR) is 117 cm³/mol. The molecule has 0 radical (unpaired) electrons. The van der Waals surface area contributed by atoms with Crippen LogP contribution in [0.1, 0.15) is 36.8 Å². The zero-order valence-corrected chi connectivity index (χ0v) is 18.1. The summed E-state index contributed by atoms with van der Waals surface area (Å²) < 4.78 is 33.9. The number of pyridine rings is 2. The van der Waals surface area contributed by atoms with Gasteiger partial charge < -0.3 is 18.8 Å². The molecule has 8 heteroatoms. The van der Waals surface area contributed by atoms with Crippen molar-refractivity contribution in [2.24, 2.45) is 0 Å². The molecule has 0 aliphatic carbocycles. The summed E-state index contributed by atoms with van der Waals surface area (Å²) in [5.74, 6) is 1.73. The van der Waals surface area contributed by atoms with Crippen LogP contribution in [0.25, 0.3) is 11.2 Å². The van der Waals surface area contributed by atoms with E-state index < -0.39 is 5.67 Å². The second-order valence-electron chi connectivity index (χ2n) is 8.21. The molecule has 0 N–H and O–H groups in total. The topological polar surface area (TPSA) is 71.3 Å². The van der Waals surface area contributed by atoms with E-state index in [0.29, 0.717) is 36.1 Å². The molecule has 0 amide bonds. The molecule has 4 aromatic rings. The van der Waals surface area contributed by atoms with Crippen molar-refractivity contribution in [3.05, 3.63) is 71.9 Å². The van der Waals surface area contributed by atoms with Gasteiger partial charge in [-0.2, -0.15) is 0 Å². The van der Waals surface area contributed by atoms with Gasteiger partial charge in [0.25, 0.3) is 0 Å². The second-order valence-corrected chi connectivity index (χ2v) is 8.21. The highest BCUT2D eigenvalue weighted by atomic mass is 19.1. The van der Waals surface area contributed by atoms with Gasteiger partial charge in [-0.05, 0) is 49.7 Å². The number of ether oxygens (including phenoxy) is 3. The monoisotopic (exact) mass is 434 g/mol. The summed E-state index contributed by atoms with van der Waals surface area (Å²) in [6.45, 7) is 3.84. The van der Waals surface area contributed by atoms with Crippen molar-refractivity contribution in [1.82, 2.24) is 19.5 Å². The quantitative estimate of drug-likeness (QED) is 0.457. The van der Waals surface area contributed by atoms with Crippen molar-refractivity contribution in [1.29, 1.82) is 0 Å². The number of imidazole rings is 1. The minimum atomic E-state index is -1.50. The molecule has 1 aliphatic heterocycles. The lowest BCUT2D eigenvalue weighted by atomic mass is 10.0. The van der Waals surface area contributed by atoms with E-state index in [0.717, 1.165) is 22.3 Å². The van der Waals surface area contributed by atoms with Crippen LogP contribution in [0, 0.1) is 0 Å². The number of hydrogen-bond donors (Lipinski definition) is 0. The first-order chi connectivity index (χ1) is 15.4. The summed E-state index contributed by atoms with van der Waals surface area (Å²) in [4.78, 5) is 13.1. The van der Waals surface area contributed by atoms with Gasteiger partial charge in [0, 0.05) is 18.0 Å². The maximum Gasteiger partial charge on any atom is 0.204 e. The smallest absolute Gasteiger partial charge is 0.204 e. The van der Waals surface area contributed by atoms with Crippen LogP contribution in [0.2, 0.25) is 0 Å². The van der Waals surface area contributed by atoms with Crippen LogP contribution in [-0.2, 0) is 12.2 Å². The van der Waals surface area contributed by atoms with Crippen molar-refractivity contribution in [3.8, 4) is 17.2 Å². The van der Waals surface area contributed by atoms with E-state index in [1.807, 2.05) is 34.9 Å². The van der Waals surface area contributed by atoms with Gasteiger partial charge in [0.15, 0.2) is 23.3 Å². The Balaban J connectivity index is 1.41. The predicted octanol–water partition coefficient (Wildman–Crippen LogP) is 4.60. The van der Waals surface area contributed by atoms with E-state index in [9.17, 15) is 4.39 Å². The lowest BCUT2D eigenvalue weighted by Gasteiger charge is -2.28. The Hall–Kier alpha value is -3.68. The largest absolute Gasteiger partial charge is 0.493 e. The average molecular weight is 434 g/mol. The van der Waals surface area contributed by atoms with E-state index >= 15 is 0 Å². The van der Waals surface area contributed by atoms with Gasteiger partial charge in [0.1, 0.15) is 17.8 Å². The molecule has 0 spiro atoms. The van der Waals surface area contributed by atoms with Crippen LogP contribution < -0.4 is 14.2 Å². The molecule has 0 saturated heterocycles. The molecule has 7 nitrogen and oxygen atoms in total. The summed E-state index contributed by atoms with van der Waals surface area (Å²) in [6.07, 6.45) is 4.79. The minimum absolute atomic E-state index is 0.315. The highest BCUT2D eigenvalue weighted by Gasteiger charge is 2.28. The number of rotatable bonds is 5. The molecule has 0 fully saturated rings. The summed E-state index contributed by atoms with van der Waals surface area (Å²) in [7, 11) is 1.60. The molecule has 1 atom stereocenters. The molecule has 164 valence electrons. The van der Waals surface area contributed by atoms with Gasteiger partial charge in [-0.3, -0.25) is 4.98 Å². The van der Waals surface area contributed by atoms with Crippen LogP contribution in [0.5, 0.6) is 17.2 Å². The molecule has 1 aromatic carbocycles. The standard InChI is InChI=1S/C24H23FN4O3/c1-24(2,25)21-7-6-16(11-27-21)20-13-31-19-10-15(9-18(30-3)22(19)32-20)12-29-14-28-17-5-4-8-26-23(17)29/h4-11,14,20H,12-13H2,1-3H3. The third-order valence-corrected chi connectivity index (χ3v) is 5.45. The number of aromatic nitrogens is 4. The lowest BCUT2D eigenvalue weighted by Crippen LogP contribution is -2.23. The Morgan fingerprint density at radius 3 is 2.81 bits per heavy atom. The Bertz CT molecular complexity index is 1250. The number of alkyl halides is 1. The number of hydrogen-bond acceptors (Lipinski definition) is 6. The first-order valence-corrected chi connectivity index (χ1v) is 10.3. The van der Waals surface area contributed by atoms with Crippen molar-refractivity contribution in [2.75, 3.05) is 13.7 Å². The highest BCUT2D eigenvalue weighted by molar-refractivity contribution is 5.70. The first kappa shape index (κ1) is 20.2.